The van der Waals surface area contributed by atoms with Gasteiger partial charge in [-0.1, -0.05) is 12.8 Å². The third-order valence-electron chi connectivity index (χ3n) is 5.11. The molecule has 0 atom stereocenters. The zero-order chi connectivity index (χ0) is 14.5. The van der Waals surface area contributed by atoms with E-state index in [1.807, 2.05) is 11.3 Å². The van der Waals surface area contributed by atoms with Crippen LogP contribution in [0.2, 0.25) is 0 Å². The maximum absolute atomic E-state index is 3.60. The van der Waals surface area contributed by atoms with Crippen LogP contribution >= 0.6 is 11.3 Å². The van der Waals surface area contributed by atoms with E-state index in [9.17, 15) is 0 Å². The monoisotopic (exact) mass is 307 g/mol. The largest absolute Gasteiger partial charge is 0.311 e. The van der Waals surface area contributed by atoms with E-state index < -0.39 is 0 Å². The minimum absolute atomic E-state index is 0.909. The van der Waals surface area contributed by atoms with Gasteiger partial charge in [-0.25, -0.2) is 0 Å². The average molecular weight is 308 g/mol. The molecule has 118 valence electrons. The Morgan fingerprint density at radius 3 is 2.62 bits per heavy atom. The Hall–Kier alpha value is -0.420. The first-order valence-corrected chi connectivity index (χ1v) is 9.41. The van der Waals surface area contributed by atoms with Crippen LogP contribution in [0.3, 0.4) is 0 Å². The molecule has 0 aromatic carbocycles. The molecule has 0 bridgehead atoms. The van der Waals surface area contributed by atoms with Gasteiger partial charge in [0.05, 0.1) is 0 Å². The van der Waals surface area contributed by atoms with Gasteiger partial charge in [-0.15, -0.1) is 11.3 Å². The van der Waals surface area contributed by atoms with Crippen molar-refractivity contribution in [1.29, 1.82) is 0 Å². The van der Waals surface area contributed by atoms with Crippen LogP contribution < -0.4 is 5.32 Å². The number of nitrogens with one attached hydrogen (secondary N) is 1. The van der Waals surface area contributed by atoms with Crippen LogP contribution in [0.15, 0.2) is 11.4 Å². The summed E-state index contributed by atoms with van der Waals surface area (Å²) < 4.78 is 0. The quantitative estimate of drug-likeness (QED) is 0.815. The Kier molecular flexibility index (Phi) is 5.69. The highest BCUT2D eigenvalue weighted by Gasteiger charge is 2.25. The molecule has 0 radical (unpaired) electrons. The van der Waals surface area contributed by atoms with E-state index >= 15 is 0 Å². The van der Waals surface area contributed by atoms with Crippen molar-refractivity contribution in [2.45, 2.75) is 45.2 Å². The van der Waals surface area contributed by atoms with Crippen LogP contribution in [0.1, 0.15) is 36.1 Å². The van der Waals surface area contributed by atoms with E-state index in [1.165, 1.54) is 68.8 Å². The highest BCUT2D eigenvalue weighted by atomic mass is 32.1. The lowest BCUT2D eigenvalue weighted by molar-refractivity contribution is 0.0984. The van der Waals surface area contributed by atoms with Gasteiger partial charge in [-0.05, 0) is 36.8 Å². The van der Waals surface area contributed by atoms with E-state index in [2.05, 4.69) is 33.5 Å². The SMILES string of the molecule is Cc1ccsc1CNCCN1CCN(C2CCCC2)CC1. The van der Waals surface area contributed by atoms with Crippen molar-refractivity contribution in [2.75, 3.05) is 39.3 Å². The zero-order valence-corrected chi connectivity index (χ0v) is 14.1. The number of piperazine rings is 1. The summed E-state index contributed by atoms with van der Waals surface area (Å²) in [5.74, 6) is 0. The summed E-state index contributed by atoms with van der Waals surface area (Å²) in [7, 11) is 0. The van der Waals surface area contributed by atoms with Crippen molar-refractivity contribution in [1.82, 2.24) is 15.1 Å². The molecular weight excluding hydrogens is 278 g/mol. The summed E-state index contributed by atoms with van der Waals surface area (Å²) >= 11 is 1.87. The predicted octanol–water partition coefficient (Wildman–Crippen LogP) is 2.71. The lowest BCUT2D eigenvalue weighted by atomic mass is 10.2. The first-order chi connectivity index (χ1) is 10.3. The summed E-state index contributed by atoms with van der Waals surface area (Å²) in [4.78, 5) is 6.85. The molecule has 1 saturated carbocycles. The van der Waals surface area contributed by atoms with E-state index in [4.69, 9.17) is 0 Å². The second-order valence-electron chi connectivity index (χ2n) is 6.52. The molecule has 2 fully saturated rings. The number of rotatable bonds is 6. The fourth-order valence-corrected chi connectivity index (χ4v) is 4.52. The van der Waals surface area contributed by atoms with Gasteiger partial charge >= 0.3 is 0 Å². The minimum Gasteiger partial charge on any atom is -0.311 e. The molecule has 0 spiro atoms. The normalized spacial score (nSPS) is 22.1. The summed E-state index contributed by atoms with van der Waals surface area (Å²) in [5.41, 5.74) is 1.43. The molecule has 1 aliphatic carbocycles. The Morgan fingerprint density at radius 2 is 1.95 bits per heavy atom. The van der Waals surface area contributed by atoms with E-state index in [1.54, 1.807) is 0 Å². The molecule has 0 amide bonds. The number of hydrogen-bond donors (Lipinski definition) is 1. The van der Waals surface area contributed by atoms with Crippen LogP contribution in [0.25, 0.3) is 0 Å². The Balaban J connectivity index is 1.30. The second kappa shape index (κ2) is 7.73. The number of nitrogens with zero attached hydrogens (tertiary/aromatic N) is 2. The van der Waals surface area contributed by atoms with E-state index in [-0.39, 0.29) is 0 Å². The molecule has 21 heavy (non-hydrogen) atoms. The van der Waals surface area contributed by atoms with Crippen LogP contribution in [-0.2, 0) is 6.54 Å². The predicted molar refractivity (Wildman–Crippen MR) is 91.0 cm³/mol. The third-order valence-corrected chi connectivity index (χ3v) is 6.13. The molecule has 2 heterocycles. The zero-order valence-electron chi connectivity index (χ0n) is 13.3. The van der Waals surface area contributed by atoms with Gasteiger partial charge < -0.3 is 5.32 Å². The maximum atomic E-state index is 3.60. The van der Waals surface area contributed by atoms with Crippen LogP contribution in [0.4, 0.5) is 0 Å². The Morgan fingerprint density at radius 1 is 1.19 bits per heavy atom. The molecule has 1 N–H and O–H groups in total. The van der Waals surface area contributed by atoms with Gasteiger partial charge in [0.2, 0.25) is 0 Å². The van der Waals surface area contributed by atoms with Gasteiger partial charge in [-0.2, -0.15) is 0 Å². The highest BCUT2D eigenvalue weighted by Crippen LogP contribution is 2.24. The lowest BCUT2D eigenvalue weighted by Crippen LogP contribution is -2.50. The molecule has 3 nitrogen and oxygen atoms in total. The molecule has 1 aromatic rings. The molecule has 4 heteroatoms. The van der Waals surface area contributed by atoms with E-state index in [0.717, 1.165) is 19.1 Å². The molecule has 1 saturated heterocycles. The Bertz CT molecular complexity index is 417. The van der Waals surface area contributed by atoms with Gasteiger partial charge in [0.15, 0.2) is 0 Å². The summed E-state index contributed by atoms with van der Waals surface area (Å²) in [6, 6.07) is 3.12. The summed E-state index contributed by atoms with van der Waals surface area (Å²) in [5, 5.41) is 5.79. The summed E-state index contributed by atoms with van der Waals surface area (Å²) in [6.07, 6.45) is 5.80. The molecular formula is C17H29N3S. The standard InChI is InChI=1S/C17H29N3S/c1-15-6-13-21-17(15)14-18-7-8-19-9-11-20(12-10-19)16-4-2-3-5-16/h6,13,16,18H,2-5,7-12,14H2,1H3. The van der Waals surface area contributed by atoms with E-state index in [0.29, 0.717) is 0 Å². The fraction of sp³-hybridized carbons (Fsp3) is 0.765. The topological polar surface area (TPSA) is 18.5 Å². The van der Waals surface area contributed by atoms with Crippen molar-refractivity contribution in [3.63, 3.8) is 0 Å². The molecule has 3 rings (SSSR count). The Labute approximate surface area is 133 Å². The molecule has 1 aliphatic heterocycles. The molecule has 2 aliphatic rings. The lowest BCUT2D eigenvalue weighted by Gasteiger charge is -2.38. The van der Waals surface area contributed by atoms with Crippen molar-refractivity contribution < 1.29 is 0 Å². The van der Waals surface area contributed by atoms with Gasteiger partial charge in [0.1, 0.15) is 0 Å². The number of thiophene rings is 1. The summed E-state index contributed by atoms with van der Waals surface area (Å²) in [6.45, 7) is 10.6. The van der Waals surface area contributed by atoms with Crippen LogP contribution in [-0.4, -0.2) is 55.1 Å². The van der Waals surface area contributed by atoms with Crippen molar-refractivity contribution >= 4 is 11.3 Å². The minimum atomic E-state index is 0.909. The third kappa shape index (κ3) is 4.28. The van der Waals surface area contributed by atoms with Crippen molar-refractivity contribution in [3.8, 4) is 0 Å². The highest BCUT2D eigenvalue weighted by molar-refractivity contribution is 7.10. The van der Waals surface area contributed by atoms with Crippen LogP contribution in [0, 0.1) is 6.92 Å². The maximum Gasteiger partial charge on any atom is 0.0302 e. The molecule has 1 aromatic heterocycles. The van der Waals surface area contributed by atoms with Gasteiger partial charge in [0, 0.05) is 56.7 Å². The first kappa shape index (κ1) is 15.5. The van der Waals surface area contributed by atoms with Crippen molar-refractivity contribution in [2.24, 2.45) is 0 Å². The number of hydrogen-bond acceptors (Lipinski definition) is 4. The average Bonchev–Trinajstić information content (AvgIpc) is 3.16. The number of aryl methyl sites for hydroxylation is 1. The second-order valence-corrected chi connectivity index (χ2v) is 7.52. The van der Waals surface area contributed by atoms with Crippen molar-refractivity contribution in [3.05, 3.63) is 21.9 Å². The van der Waals surface area contributed by atoms with Gasteiger partial charge in [0.25, 0.3) is 0 Å². The fourth-order valence-electron chi connectivity index (χ4n) is 3.65. The van der Waals surface area contributed by atoms with Gasteiger partial charge in [-0.3, -0.25) is 9.80 Å². The van der Waals surface area contributed by atoms with Crippen LogP contribution in [0.5, 0.6) is 0 Å². The molecule has 0 unspecified atom stereocenters. The first-order valence-electron chi connectivity index (χ1n) is 8.53. The smallest absolute Gasteiger partial charge is 0.0302 e.